The van der Waals surface area contributed by atoms with Crippen molar-refractivity contribution in [2.45, 2.75) is 38.4 Å². The molecule has 0 spiro atoms. The summed E-state index contributed by atoms with van der Waals surface area (Å²) in [5.74, 6) is 1.31. The minimum absolute atomic E-state index is 0.0997. The van der Waals surface area contributed by atoms with Gasteiger partial charge in [0.25, 0.3) is 0 Å². The van der Waals surface area contributed by atoms with Gasteiger partial charge in [-0.25, -0.2) is 8.42 Å². The molecule has 2 atom stereocenters. The number of ether oxygens (including phenoxy) is 2. The maximum atomic E-state index is 12.5. The molecule has 28 heavy (non-hydrogen) atoms. The zero-order chi connectivity index (χ0) is 20.1. The van der Waals surface area contributed by atoms with Crippen LogP contribution in [0.1, 0.15) is 38.7 Å². The fourth-order valence-electron chi connectivity index (χ4n) is 3.74. The molecule has 0 amide bonds. The summed E-state index contributed by atoms with van der Waals surface area (Å²) in [4.78, 5) is 0. The van der Waals surface area contributed by atoms with Crippen LogP contribution in [0.4, 0.5) is 0 Å². The molecule has 1 saturated heterocycles. The average molecular weight is 403 g/mol. The van der Waals surface area contributed by atoms with Crippen molar-refractivity contribution in [1.29, 1.82) is 0 Å². The molecule has 4 nitrogen and oxygen atoms in total. The van der Waals surface area contributed by atoms with E-state index in [0.717, 1.165) is 28.9 Å². The summed E-state index contributed by atoms with van der Waals surface area (Å²) in [5.41, 5.74) is 3.30. The molecule has 2 aromatic rings. The first-order valence-corrected chi connectivity index (χ1v) is 11.8. The maximum absolute atomic E-state index is 12.5. The Morgan fingerprint density at radius 2 is 1.82 bits per heavy atom. The Kier molecular flexibility index (Phi) is 6.78. The normalized spacial score (nSPS) is 20.3. The minimum Gasteiger partial charge on any atom is -0.493 e. The van der Waals surface area contributed by atoms with E-state index in [9.17, 15) is 8.42 Å². The predicted molar refractivity (Wildman–Crippen MR) is 114 cm³/mol. The van der Waals surface area contributed by atoms with E-state index in [-0.39, 0.29) is 22.8 Å². The second kappa shape index (κ2) is 9.10. The molecule has 152 valence electrons. The number of sulfone groups is 1. The van der Waals surface area contributed by atoms with E-state index in [1.54, 1.807) is 13.8 Å². The molecule has 1 aliphatic rings. The Bertz CT molecular complexity index is 872. The van der Waals surface area contributed by atoms with Gasteiger partial charge in [0, 0.05) is 18.1 Å². The standard InChI is InChI=1S/C23H30O4S/c1-4-27-23-8-6-5-7-21(23)18-9-11-19(12-10-18)22-15-26-14-13-20(22)16-28(24,25)17(2)3/h5-12,17,20,22H,4,13-16H2,1-3H3/t20-,22+/m0/s1. The SMILES string of the molecule is CCOc1ccccc1-c1ccc([C@H]2COCC[C@H]2CS(=O)(=O)C(C)C)cc1. The second-order valence-electron chi connectivity index (χ2n) is 7.66. The molecule has 0 aliphatic carbocycles. The van der Waals surface area contributed by atoms with Crippen LogP contribution in [0.3, 0.4) is 0 Å². The largest absolute Gasteiger partial charge is 0.493 e. The number of hydrogen-bond donors (Lipinski definition) is 0. The Balaban J connectivity index is 1.83. The summed E-state index contributed by atoms with van der Waals surface area (Å²) >= 11 is 0. The highest BCUT2D eigenvalue weighted by atomic mass is 32.2. The van der Waals surface area contributed by atoms with Crippen molar-refractivity contribution in [3.63, 3.8) is 0 Å². The van der Waals surface area contributed by atoms with E-state index in [2.05, 4.69) is 30.3 Å². The van der Waals surface area contributed by atoms with Crippen molar-refractivity contribution in [3.8, 4) is 16.9 Å². The van der Waals surface area contributed by atoms with E-state index >= 15 is 0 Å². The Morgan fingerprint density at radius 3 is 2.50 bits per heavy atom. The van der Waals surface area contributed by atoms with Crippen molar-refractivity contribution >= 4 is 9.84 Å². The van der Waals surface area contributed by atoms with Crippen molar-refractivity contribution in [3.05, 3.63) is 54.1 Å². The maximum Gasteiger partial charge on any atom is 0.152 e. The van der Waals surface area contributed by atoms with Gasteiger partial charge in [-0.3, -0.25) is 0 Å². The lowest BCUT2D eigenvalue weighted by atomic mass is 9.84. The molecule has 2 aromatic carbocycles. The van der Waals surface area contributed by atoms with Crippen molar-refractivity contribution in [2.75, 3.05) is 25.6 Å². The Morgan fingerprint density at radius 1 is 1.11 bits per heavy atom. The Hall–Kier alpha value is -1.85. The van der Waals surface area contributed by atoms with Crippen molar-refractivity contribution < 1.29 is 17.9 Å². The summed E-state index contributed by atoms with van der Waals surface area (Å²) in [6.45, 7) is 7.33. The average Bonchev–Trinajstić information content (AvgIpc) is 2.69. The van der Waals surface area contributed by atoms with Crippen molar-refractivity contribution in [1.82, 2.24) is 0 Å². The van der Waals surface area contributed by atoms with Gasteiger partial charge in [0.2, 0.25) is 0 Å². The van der Waals surface area contributed by atoms with Gasteiger partial charge in [-0.05, 0) is 50.3 Å². The monoisotopic (exact) mass is 402 g/mol. The van der Waals surface area contributed by atoms with Crippen LogP contribution < -0.4 is 4.74 Å². The molecule has 1 aliphatic heterocycles. The third-order valence-electron chi connectivity index (χ3n) is 5.50. The first-order chi connectivity index (χ1) is 13.4. The zero-order valence-electron chi connectivity index (χ0n) is 16.9. The van der Waals surface area contributed by atoms with Crippen LogP contribution >= 0.6 is 0 Å². The molecule has 0 unspecified atom stereocenters. The lowest BCUT2D eigenvalue weighted by Gasteiger charge is -2.32. The first kappa shape index (κ1) is 20.9. The molecule has 5 heteroatoms. The van der Waals surface area contributed by atoms with Crippen LogP contribution in [0.15, 0.2) is 48.5 Å². The molecular weight excluding hydrogens is 372 g/mol. The topological polar surface area (TPSA) is 52.6 Å². The fraction of sp³-hybridized carbons (Fsp3) is 0.478. The van der Waals surface area contributed by atoms with Gasteiger partial charge >= 0.3 is 0 Å². The summed E-state index contributed by atoms with van der Waals surface area (Å²) in [6.07, 6.45) is 0.783. The summed E-state index contributed by atoms with van der Waals surface area (Å²) in [5, 5.41) is -0.339. The zero-order valence-corrected chi connectivity index (χ0v) is 17.7. The summed E-state index contributed by atoms with van der Waals surface area (Å²) in [6, 6.07) is 16.4. The molecule has 0 aromatic heterocycles. The number of benzene rings is 2. The fourth-order valence-corrected chi connectivity index (χ4v) is 5.12. The van der Waals surface area contributed by atoms with E-state index in [1.807, 2.05) is 25.1 Å². The van der Waals surface area contributed by atoms with Gasteiger partial charge < -0.3 is 9.47 Å². The van der Waals surface area contributed by atoms with Crippen LogP contribution in [0.2, 0.25) is 0 Å². The van der Waals surface area contributed by atoms with E-state index < -0.39 is 9.84 Å². The van der Waals surface area contributed by atoms with Crippen LogP contribution in [-0.2, 0) is 14.6 Å². The highest BCUT2D eigenvalue weighted by molar-refractivity contribution is 7.91. The predicted octanol–water partition coefficient (Wildman–Crippen LogP) is 4.70. The Labute approximate surface area is 168 Å². The highest BCUT2D eigenvalue weighted by Gasteiger charge is 2.32. The number of hydrogen-bond acceptors (Lipinski definition) is 4. The number of para-hydroxylation sites is 1. The second-order valence-corrected chi connectivity index (χ2v) is 10.3. The smallest absolute Gasteiger partial charge is 0.152 e. The molecule has 0 saturated carbocycles. The van der Waals surface area contributed by atoms with Crippen molar-refractivity contribution in [2.24, 2.45) is 5.92 Å². The molecular formula is C23H30O4S. The third-order valence-corrected chi connectivity index (χ3v) is 7.83. The molecule has 0 N–H and O–H groups in total. The number of rotatable bonds is 7. The molecule has 0 radical (unpaired) electrons. The van der Waals surface area contributed by atoms with Gasteiger partial charge in [-0.15, -0.1) is 0 Å². The lowest BCUT2D eigenvalue weighted by Crippen LogP contribution is -2.33. The third kappa shape index (κ3) is 4.76. The quantitative estimate of drug-likeness (QED) is 0.674. The molecule has 1 fully saturated rings. The van der Waals surface area contributed by atoms with Crippen LogP contribution in [0.25, 0.3) is 11.1 Å². The minimum atomic E-state index is -3.07. The van der Waals surface area contributed by atoms with E-state index in [1.165, 1.54) is 0 Å². The summed E-state index contributed by atoms with van der Waals surface area (Å²) in [7, 11) is -3.07. The van der Waals surface area contributed by atoms with Gasteiger partial charge in [0.1, 0.15) is 5.75 Å². The van der Waals surface area contributed by atoms with Gasteiger partial charge in [-0.2, -0.15) is 0 Å². The summed E-state index contributed by atoms with van der Waals surface area (Å²) < 4.78 is 36.4. The van der Waals surface area contributed by atoms with E-state index in [0.29, 0.717) is 19.8 Å². The molecule has 3 rings (SSSR count). The van der Waals surface area contributed by atoms with Gasteiger partial charge in [0.05, 0.1) is 24.2 Å². The first-order valence-electron chi connectivity index (χ1n) is 10.0. The van der Waals surface area contributed by atoms with Gasteiger partial charge in [0.15, 0.2) is 9.84 Å². The van der Waals surface area contributed by atoms with Gasteiger partial charge in [-0.1, -0.05) is 42.5 Å². The molecule has 1 heterocycles. The highest BCUT2D eigenvalue weighted by Crippen LogP contribution is 2.35. The van der Waals surface area contributed by atoms with Crippen LogP contribution in [0, 0.1) is 5.92 Å². The van der Waals surface area contributed by atoms with Crippen LogP contribution in [-0.4, -0.2) is 39.2 Å². The van der Waals surface area contributed by atoms with E-state index in [4.69, 9.17) is 9.47 Å². The van der Waals surface area contributed by atoms with Crippen LogP contribution in [0.5, 0.6) is 5.75 Å². The lowest BCUT2D eigenvalue weighted by molar-refractivity contribution is 0.0531. The molecule has 0 bridgehead atoms.